The maximum absolute atomic E-state index is 11.8. The van der Waals surface area contributed by atoms with Crippen LogP contribution in [0.25, 0.3) is 11.4 Å². The smallest absolute Gasteiger partial charge is 0.246 e. The first kappa shape index (κ1) is 15.7. The van der Waals surface area contributed by atoms with E-state index in [1.807, 2.05) is 29.6 Å². The number of benzene rings is 1. The molecule has 1 amide bonds. The number of amides is 1. The Morgan fingerprint density at radius 2 is 2.09 bits per heavy atom. The van der Waals surface area contributed by atoms with E-state index in [1.165, 1.54) is 4.88 Å². The van der Waals surface area contributed by atoms with Gasteiger partial charge in [0.15, 0.2) is 0 Å². The van der Waals surface area contributed by atoms with E-state index >= 15 is 0 Å². The molecule has 1 aromatic carbocycles. The summed E-state index contributed by atoms with van der Waals surface area (Å²) in [4.78, 5) is 17.3. The molecule has 0 aliphatic carbocycles. The van der Waals surface area contributed by atoms with Crippen molar-refractivity contribution in [2.24, 2.45) is 0 Å². The predicted octanol–water partition coefficient (Wildman–Crippen LogP) is 3.70. The van der Waals surface area contributed by atoms with Gasteiger partial charge in [-0.05, 0) is 42.1 Å². The molecule has 0 saturated heterocycles. The first-order valence-electron chi connectivity index (χ1n) is 7.08. The van der Waals surface area contributed by atoms with Gasteiger partial charge in [-0.1, -0.05) is 22.8 Å². The van der Waals surface area contributed by atoms with E-state index in [4.69, 9.17) is 16.1 Å². The van der Waals surface area contributed by atoms with Gasteiger partial charge >= 0.3 is 0 Å². The van der Waals surface area contributed by atoms with Crippen LogP contribution in [0.4, 0.5) is 0 Å². The molecule has 118 valence electrons. The molecule has 2 heterocycles. The van der Waals surface area contributed by atoms with Gasteiger partial charge in [0.05, 0.1) is 6.54 Å². The summed E-state index contributed by atoms with van der Waals surface area (Å²) in [6.45, 7) is 0.226. The standard InChI is InChI=1S/C16H14ClN3O2S/c17-12-5-3-11(4-6-12)16-19-15(22-20-16)10-18-14(21)8-7-13-2-1-9-23-13/h1-6,9H,7-8,10H2,(H,18,21). The zero-order valence-electron chi connectivity index (χ0n) is 12.2. The van der Waals surface area contributed by atoms with Crippen LogP contribution in [-0.4, -0.2) is 16.0 Å². The van der Waals surface area contributed by atoms with Gasteiger partial charge in [0.1, 0.15) is 0 Å². The molecule has 1 N–H and O–H groups in total. The highest BCUT2D eigenvalue weighted by Crippen LogP contribution is 2.18. The summed E-state index contributed by atoms with van der Waals surface area (Å²) in [6.07, 6.45) is 1.18. The predicted molar refractivity (Wildman–Crippen MR) is 89.2 cm³/mol. The Balaban J connectivity index is 1.50. The van der Waals surface area contributed by atoms with Crippen LogP contribution in [-0.2, 0) is 17.8 Å². The molecular weight excluding hydrogens is 334 g/mol. The monoisotopic (exact) mass is 347 g/mol. The normalized spacial score (nSPS) is 10.7. The highest BCUT2D eigenvalue weighted by atomic mass is 35.5. The van der Waals surface area contributed by atoms with Gasteiger partial charge in [-0.2, -0.15) is 4.98 Å². The summed E-state index contributed by atoms with van der Waals surface area (Å²) < 4.78 is 5.14. The average Bonchev–Trinajstić information content (AvgIpc) is 3.23. The summed E-state index contributed by atoms with van der Waals surface area (Å²) in [5, 5.41) is 9.34. The number of nitrogens with zero attached hydrogens (tertiary/aromatic N) is 2. The van der Waals surface area contributed by atoms with Crippen molar-refractivity contribution < 1.29 is 9.32 Å². The van der Waals surface area contributed by atoms with Crippen molar-refractivity contribution in [1.29, 1.82) is 0 Å². The van der Waals surface area contributed by atoms with Crippen LogP contribution in [0.2, 0.25) is 5.02 Å². The van der Waals surface area contributed by atoms with Crippen molar-refractivity contribution in [3.8, 4) is 11.4 Å². The van der Waals surface area contributed by atoms with Crippen LogP contribution in [0.3, 0.4) is 0 Å². The summed E-state index contributed by atoms with van der Waals surface area (Å²) >= 11 is 7.50. The third-order valence-corrected chi connectivity index (χ3v) is 4.37. The minimum absolute atomic E-state index is 0.0374. The molecule has 23 heavy (non-hydrogen) atoms. The Morgan fingerprint density at radius 3 is 2.83 bits per heavy atom. The average molecular weight is 348 g/mol. The molecule has 0 saturated carbocycles. The van der Waals surface area contributed by atoms with Gasteiger partial charge < -0.3 is 9.84 Å². The lowest BCUT2D eigenvalue weighted by atomic mass is 10.2. The van der Waals surface area contributed by atoms with Crippen molar-refractivity contribution in [2.45, 2.75) is 19.4 Å². The van der Waals surface area contributed by atoms with Gasteiger partial charge in [0.2, 0.25) is 17.6 Å². The number of hydrogen-bond donors (Lipinski definition) is 1. The fourth-order valence-corrected chi connectivity index (χ4v) is 2.83. The Hall–Kier alpha value is -2.18. The van der Waals surface area contributed by atoms with Gasteiger partial charge in [0, 0.05) is 21.9 Å². The van der Waals surface area contributed by atoms with Crippen molar-refractivity contribution in [3.63, 3.8) is 0 Å². The first-order valence-corrected chi connectivity index (χ1v) is 8.34. The number of rotatable bonds is 6. The quantitative estimate of drug-likeness (QED) is 0.738. The van der Waals surface area contributed by atoms with E-state index in [0.29, 0.717) is 23.2 Å². The fraction of sp³-hybridized carbons (Fsp3) is 0.188. The van der Waals surface area contributed by atoms with Gasteiger partial charge in [-0.3, -0.25) is 4.79 Å². The first-order chi connectivity index (χ1) is 11.2. The molecule has 0 fully saturated rings. The largest absolute Gasteiger partial charge is 0.347 e. The second kappa shape index (κ2) is 7.39. The van der Waals surface area contributed by atoms with E-state index in [1.54, 1.807) is 23.5 Å². The van der Waals surface area contributed by atoms with E-state index < -0.39 is 0 Å². The van der Waals surface area contributed by atoms with Crippen LogP contribution in [0.15, 0.2) is 46.3 Å². The Labute approximate surface area is 142 Å². The number of nitrogens with one attached hydrogen (secondary N) is 1. The molecule has 0 radical (unpaired) electrons. The van der Waals surface area contributed by atoms with Crippen molar-refractivity contribution in [1.82, 2.24) is 15.5 Å². The van der Waals surface area contributed by atoms with Crippen LogP contribution in [0, 0.1) is 0 Å². The lowest BCUT2D eigenvalue weighted by molar-refractivity contribution is -0.121. The Bertz CT molecular complexity index is 769. The highest BCUT2D eigenvalue weighted by Gasteiger charge is 2.10. The molecule has 0 aliphatic rings. The van der Waals surface area contributed by atoms with Crippen molar-refractivity contribution in [2.75, 3.05) is 0 Å². The van der Waals surface area contributed by atoms with Crippen LogP contribution in [0.1, 0.15) is 17.2 Å². The van der Waals surface area contributed by atoms with Gasteiger partial charge in [-0.25, -0.2) is 0 Å². The highest BCUT2D eigenvalue weighted by molar-refractivity contribution is 7.09. The zero-order valence-corrected chi connectivity index (χ0v) is 13.7. The second-order valence-corrected chi connectivity index (χ2v) is 6.34. The number of carbonyl (C=O) groups excluding carboxylic acids is 1. The fourth-order valence-electron chi connectivity index (χ4n) is 2.00. The van der Waals surface area contributed by atoms with Gasteiger partial charge in [0.25, 0.3) is 0 Å². The van der Waals surface area contributed by atoms with Crippen LogP contribution in [0.5, 0.6) is 0 Å². The Kier molecular flexibility index (Phi) is 5.05. The van der Waals surface area contributed by atoms with E-state index in [-0.39, 0.29) is 12.5 Å². The number of thiophene rings is 1. The summed E-state index contributed by atoms with van der Waals surface area (Å²) in [5.41, 5.74) is 0.813. The zero-order chi connectivity index (χ0) is 16.1. The molecule has 0 aliphatic heterocycles. The third kappa shape index (κ3) is 4.40. The van der Waals surface area contributed by atoms with E-state index in [9.17, 15) is 4.79 Å². The SMILES string of the molecule is O=C(CCc1cccs1)NCc1nc(-c2ccc(Cl)cc2)no1. The van der Waals surface area contributed by atoms with Gasteiger partial charge in [-0.15, -0.1) is 11.3 Å². The number of aromatic nitrogens is 2. The maximum Gasteiger partial charge on any atom is 0.246 e. The van der Waals surface area contributed by atoms with E-state index in [0.717, 1.165) is 12.0 Å². The molecule has 2 aromatic heterocycles. The van der Waals surface area contributed by atoms with Crippen LogP contribution >= 0.6 is 22.9 Å². The minimum atomic E-state index is -0.0374. The number of hydrogen-bond acceptors (Lipinski definition) is 5. The molecular formula is C16H14ClN3O2S. The molecule has 0 atom stereocenters. The molecule has 7 heteroatoms. The molecule has 0 spiro atoms. The second-order valence-electron chi connectivity index (χ2n) is 4.87. The van der Waals surface area contributed by atoms with E-state index in [2.05, 4.69) is 15.5 Å². The summed E-state index contributed by atoms with van der Waals surface area (Å²) in [6, 6.07) is 11.2. The molecule has 0 unspecified atom stereocenters. The number of halogens is 1. The van der Waals surface area contributed by atoms with Crippen LogP contribution < -0.4 is 5.32 Å². The topological polar surface area (TPSA) is 68.0 Å². The molecule has 5 nitrogen and oxygen atoms in total. The lowest BCUT2D eigenvalue weighted by Gasteiger charge is -2.00. The summed E-state index contributed by atoms with van der Waals surface area (Å²) in [7, 11) is 0. The lowest BCUT2D eigenvalue weighted by Crippen LogP contribution is -2.23. The van der Waals surface area contributed by atoms with Crippen molar-refractivity contribution >= 4 is 28.8 Å². The molecule has 3 rings (SSSR count). The minimum Gasteiger partial charge on any atom is -0.347 e. The number of carbonyl (C=O) groups is 1. The molecule has 3 aromatic rings. The molecule has 0 bridgehead atoms. The number of aryl methyl sites for hydroxylation is 1. The third-order valence-electron chi connectivity index (χ3n) is 3.19. The Morgan fingerprint density at radius 1 is 1.26 bits per heavy atom. The van der Waals surface area contributed by atoms with Crippen molar-refractivity contribution in [3.05, 3.63) is 57.6 Å². The summed E-state index contributed by atoms with van der Waals surface area (Å²) in [5.74, 6) is 0.813. The maximum atomic E-state index is 11.8.